The Morgan fingerprint density at radius 2 is 1.62 bits per heavy atom. The minimum absolute atomic E-state index is 0.236. The fourth-order valence-corrected chi connectivity index (χ4v) is 4.43. The van der Waals surface area contributed by atoms with Gasteiger partial charge in [-0.25, -0.2) is 4.31 Å². The zero-order valence-corrected chi connectivity index (χ0v) is 18.7. The SMILES string of the molecule is CCCN1CCN(CCCNC(=O)CN(c2ccccc2)S(=O)(=O)N(C)C)CC1. The second-order valence-electron chi connectivity index (χ2n) is 7.52. The summed E-state index contributed by atoms with van der Waals surface area (Å²) in [6.45, 7) is 8.96. The van der Waals surface area contributed by atoms with Gasteiger partial charge in [-0.1, -0.05) is 25.1 Å². The lowest BCUT2D eigenvalue weighted by atomic mass is 10.2. The molecule has 0 saturated carbocycles. The fraction of sp³-hybridized carbons (Fsp3) is 0.650. The Morgan fingerprint density at radius 1 is 1.03 bits per heavy atom. The van der Waals surface area contributed by atoms with Crippen molar-refractivity contribution in [2.75, 3.05) is 70.8 Å². The number of nitrogens with one attached hydrogen (secondary N) is 1. The summed E-state index contributed by atoms with van der Waals surface area (Å²) in [4.78, 5) is 17.3. The van der Waals surface area contributed by atoms with Crippen molar-refractivity contribution < 1.29 is 13.2 Å². The highest BCUT2D eigenvalue weighted by Crippen LogP contribution is 2.18. The number of benzene rings is 1. The van der Waals surface area contributed by atoms with Crippen LogP contribution in [0.15, 0.2) is 30.3 Å². The van der Waals surface area contributed by atoms with Crippen LogP contribution in [0.25, 0.3) is 0 Å². The van der Waals surface area contributed by atoms with Gasteiger partial charge in [0.05, 0.1) is 5.69 Å². The highest BCUT2D eigenvalue weighted by Gasteiger charge is 2.27. The van der Waals surface area contributed by atoms with Crippen LogP contribution in [0.4, 0.5) is 5.69 Å². The van der Waals surface area contributed by atoms with E-state index in [1.807, 2.05) is 6.07 Å². The van der Waals surface area contributed by atoms with E-state index < -0.39 is 10.2 Å². The lowest BCUT2D eigenvalue weighted by Crippen LogP contribution is -2.47. The molecule has 1 aliphatic heterocycles. The molecule has 164 valence electrons. The molecule has 0 atom stereocenters. The minimum Gasteiger partial charge on any atom is -0.354 e. The summed E-state index contributed by atoms with van der Waals surface area (Å²) in [7, 11) is -0.828. The van der Waals surface area contributed by atoms with Gasteiger partial charge in [0, 0.05) is 46.8 Å². The molecule has 1 aliphatic rings. The zero-order valence-electron chi connectivity index (χ0n) is 17.9. The van der Waals surface area contributed by atoms with Gasteiger partial charge in [-0.3, -0.25) is 4.79 Å². The topological polar surface area (TPSA) is 76.2 Å². The molecule has 1 amide bonds. The Labute approximate surface area is 175 Å². The Morgan fingerprint density at radius 3 is 2.17 bits per heavy atom. The third-order valence-electron chi connectivity index (χ3n) is 5.05. The average molecular weight is 426 g/mol. The van der Waals surface area contributed by atoms with Crippen molar-refractivity contribution in [3.8, 4) is 0 Å². The molecule has 0 spiro atoms. The quantitative estimate of drug-likeness (QED) is 0.532. The molecule has 8 nitrogen and oxygen atoms in total. The molecule has 0 bridgehead atoms. The van der Waals surface area contributed by atoms with Crippen LogP contribution in [-0.4, -0.2) is 94.9 Å². The van der Waals surface area contributed by atoms with Crippen LogP contribution in [0.3, 0.4) is 0 Å². The number of piperazine rings is 1. The Kier molecular flexibility index (Phi) is 9.35. The van der Waals surface area contributed by atoms with Crippen LogP contribution < -0.4 is 9.62 Å². The number of anilines is 1. The van der Waals surface area contributed by atoms with Crippen LogP contribution in [0.2, 0.25) is 0 Å². The molecule has 0 radical (unpaired) electrons. The summed E-state index contributed by atoms with van der Waals surface area (Å²) < 4.78 is 27.5. The summed E-state index contributed by atoms with van der Waals surface area (Å²) in [6.07, 6.45) is 2.04. The second kappa shape index (κ2) is 11.5. The number of nitrogens with zero attached hydrogens (tertiary/aromatic N) is 4. The molecule has 0 unspecified atom stereocenters. The first-order valence-electron chi connectivity index (χ1n) is 10.3. The van der Waals surface area contributed by atoms with Gasteiger partial charge in [0.1, 0.15) is 6.54 Å². The number of carbonyl (C=O) groups is 1. The predicted molar refractivity (Wildman–Crippen MR) is 117 cm³/mol. The normalized spacial score (nSPS) is 16.1. The summed E-state index contributed by atoms with van der Waals surface area (Å²) in [5.74, 6) is -0.299. The standard InChI is InChI=1S/C20H35N5O3S/c1-4-12-23-14-16-24(17-15-23)13-8-11-21-20(26)18-25(29(27,28)22(2)3)19-9-6-5-7-10-19/h5-7,9-10H,4,8,11-18H2,1-3H3,(H,21,26). The third-order valence-corrected chi connectivity index (χ3v) is 6.87. The smallest absolute Gasteiger partial charge is 0.304 e. The molecular weight excluding hydrogens is 390 g/mol. The number of rotatable bonds is 11. The fourth-order valence-electron chi connectivity index (χ4n) is 3.37. The van der Waals surface area contributed by atoms with Crippen LogP contribution in [-0.2, 0) is 15.0 Å². The lowest BCUT2D eigenvalue weighted by Gasteiger charge is -2.34. The first-order chi connectivity index (χ1) is 13.8. The van der Waals surface area contributed by atoms with E-state index >= 15 is 0 Å². The van der Waals surface area contributed by atoms with E-state index in [2.05, 4.69) is 22.0 Å². The Hall–Kier alpha value is -1.68. The average Bonchev–Trinajstić information content (AvgIpc) is 2.71. The van der Waals surface area contributed by atoms with Crippen LogP contribution in [0, 0.1) is 0 Å². The number of amides is 1. The summed E-state index contributed by atoms with van der Waals surface area (Å²) in [5.41, 5.74) is 0.473. The van der Waals surface area contributed by atoms with E-state index in [1.165, 1.54) is 20.5 Å². The Balaban J connectivity index is 1.79. The van der Waals surface area contributed by atoms with Crippen molar-refractivity contribution in [1.29, 1.82) is 0 Å². The summed E-state index contributed by atoms with van der Waals surface area (Å²) in [6, 6.07) is 8.70. The Bertz CT molecular complexity index is 719. The zero-order chi connectivity index (χ0) is 21.3. The number of para-hydroxylation sites is 1. The molecule has 0 aliphatic carbocycles. The predicted octanol–water partition coefficient (Wildman–Crippen LogP) is 0.833. The van der Waals surface area contributed by atoms with Gasteiger partial charge in [0.2, 0.25) is 5.91 Å². The van der Waals surface area contributed by atoms with E-state index in [1.54, 1.807) is 24.3 Å². The van der Waals surface area contributed by atoms with Gasteiger partial charge >= 0.3 is 10.2 Å². The first-order valence-corrected chi connectivity index (χ1v) is 11.7. The van der Waals surface area contributed by atoms with Gasteiger partial charge in [-0.15, -0.1) is 0 Å². The van der Waals surface area contributed by atoms with E-state index in [4.69, 9.17) is 0 Å². The maximum absolute atomic E-state index is 12.6. The van der Waals surface area contributed by atoms with Gasteiger partial charge in [-0.2, -0.15) is 12.7 Å². The largest absolute Gasteiger partial charge is 0.354 e. The van der Waals surface area contributed by atoms with Crippen molar-refractivity contribution in [2.45, 2.75) is 19.8 Å². The van der Waals surface area contributed by atoms with E-state index in [9.17, 15) is 13.2 Å². The van der Waals surface area contributed by atoms with Gasteiger partial charge in [-0.05, 0) is 38.1 Å². The van der Waals surface area contributed by atoms with Crippen molar-refractivity contribution >= 4 is 21.8 Å². The maximum Gasteiger partial charge on any atom is 0.304 e. The summed E-state index contributed by atoms with van der Waals surface area (Å²) >= 11 is 0. The summed E-state index contributed by atoms with van der Waals surface area (Å²) in [5, 5.41) is 2.86. The molecule has 0 aromatic heterocycles. The molecular formula is C20H35N5O3S. The monoisotopic (exact) mass is 425 g/mol. The molecule has 29 heavy (non-hydrogen) atoms. The van der Waals surface area contributed by atoms with E-state index in [0.717, 1.165) is 54.3 Å². The van der Waals surface area contributed by atoms with E-state index in [-0.39, 0.29) is 12.5 Å². The number of hydrogen-bond acceptors (Lipinski definition) is 5. The minimum atomic E-state index is -3.75. The third kappa shape index (κ3) is 7.26. The van der Waals surface area contributed by atoms with Gasteiger partial charge < -0.3 is 15.1 Å². The molecule has 1 aromatic carbocycles. The van der Waals surface area contributed by atoms with Crippen molar-refractivity contribution in [2.24, 2.45) is 0 Å². The highest BCUT2D eigenvalue weighted by atomic mass is 32.2. The van der Waals surface area contributed by atoms with E-state index in [0.29, 0.717) is 12.2 Å². The lowest BCUT2D eigenvalue weighted by molar-refractivity contribution is -0.119. The van der Waals surface area contributed by atoms with Crippen LogP contribution >= 0.6 is 0 Å². The highest BCUT2D eigenvalue weighted by molar-refractivity contribution is 7.90. The van der Waals surface area contributed by atoms with Crippen LogP contribution in [0.5, 0.6) is 0 Å². The molecule has 1 fully saturated rings. The molecule has 1 saturated heterocycles. The maximum atomic E-state index is 12.6. The van der Waals surface area contributed by atoms with Crippen molar-refractivity contribution in [1.82, 2.24) is 19.4 Å². The molecule has 1 N–H and O–H groups in total. The molecule has 2 rings (SSSR count). The van der Waals surface area contributed by atoms with Gasteiger partial charge in [0.25, 0.3) is 0 Å². The number of carbonyl (C=O) groups excluding carboxylic acids is 1. The van der Waals surface area contributed by atoms with Crippen molar-refractivity contribution in [3.63, 3.8) is 0 Å². The molecule has 1 aromatic rings. The van der Waals surface area contributed by atoms with Gasteiger partial charge in [0.15, 0.2) is 0 Å². The molecule has 9 heteroatoms. The van der Waals surface area contributed by atoms with Crippen molar-refractivity contribution in [3.05, 3.63) is 30.3 Å². The second-order valence-corrected chi connectivity index (χ2v) is 9.59. The number of hydrogen-bond donors (Lipinski definition) is 1. The molecule has 1 heterocycles. The van der Waals surface area contributed by atoms with Crippen LogP contribution in [0.1, 0.15) is 19.8 Å². The first kappa shape index (κ1) is 23.6.